The highest BCUT2D eigenvalue weighted by molar-refractivity contribution is 5.90. The van der Waals surface area contributed by atoms with Gasteiger partial charge in [-0.1, -0.05) is 0 Å². The summed E-state index contributed by atoms with van der Waals surface area (Å²) in [6, 6.07) is 2.06. The summed E-state index contributed by atoms with van der Waals surface area (Å²) in [7, 11) is 0. The molecule has 114 valence electrons. The lowest BCUT2D eigenvalue weighted by atomic mass is 10.1. The van der Waals surface area contributed by atoms with Crippen molar-refractivity contribution in [2.45, 2.75) is 20.0 Å². The zero-order valence-electron chi connectivity index (χ0n) is 11.4. The van der Waals surface area contributed by atoms with E-state index in [4.69, 9.17) is 10.2 Å². The van der Waals surface area contributed by atoms with Crippen LogP contribution in [0.5, 0.6) is 0 Å². The molecule has 4 N–H and O–H groups in total. The predicted molar refractivity (Wildman–Crippen MR) is 73.2 cm³/mol. The quantitative estimate of drug-likeness (QED) is 0.467. The Kier molecular flexibility index (Phi) is 5.19. The van der Waals surface area contributed by atoms with Gasteiger partial charge in [0.1, 0.15) is 0 Å². The van der Waals surface area contributed by atoms with Gasteiger partial charge in [0.25, 0.3) is 5.69 Å². The number of nitrogens with one attached hydrogen (secondary N) is 2. The normalized spacial score (nSPS) is 11.6. The molecule has 0 radical (unpaired) electrons. The maximum atomic E-state index is 11.6. The van der Waals surface area contributed by atoms with Gasteiger partial charge in [0.2, 0.25) is 0 Å². The lowest BCUT2D eigenvalue weighted by Crippen LogP contribution is -2.38. The number of nitrogens with zero attached hydrogens (tertiary/aromatic N) is 1. The third kappa shape index (κ3) is 4.42. The monoisotopic (exact) mass is 297 g/mol. The Morgan fingerprint density at radius 3 is 2.48 bits per heavy atom. The Bertz CT molecular complexity index is 587. The van der Waals surface area contributed by atoms with E-state index in [1.54, 1.807) is 6.92 Å². The molecule has 9 nitrogen and oxygen atoms in total. The molecule has 1 unspecified atom stereocenters. The fraction of sp³-hybridized carbons (Fsp3) is 0.333. The highest BCUT2D eigenvalue weighted by Gasteiger charge is 2.16. The zero-order chi connectivity index (χ0) is 16.2. The molecule has 1 atom stereocenters. The number of aryl methyl sites for hydroxylation is 2. The summed E-state index contributed by atoms with van der Waals surface area (Å²) in [5.74, 6) is -1.45. The number of urea groups is 1. The first kappa shape index (κ1) is 16.4. The SMILES string of the molecule is Cc1cc([N+](=O)[O-])c(C)cc1NC(=O)NCC(O)C(=O)O. The minimum atomic E-state index is -1.70. The third-order valence-electron chi connectivity index (χ3n) is 2.73. The average molecular weight is 297 g/mol. The van der Waals surface area contributed by atoms with Crippen LogP contribution in [0.3, 0.4) is 0 Å². The van der Waals surface area contributed by atoms with Gasteiger partial charge in [0, 0.05) is 17.3 Å². The summed E-state index contributed by atoms with van der Waals surface area (Å²) < 4.78 is 0. The van der Waals surface area contributed by atoms with Gasteiger partial charge in [-0.15, -0.1) is 0 Å². The van der Waals surface area contributed by atoms with Gasteiger partial charge in [0.15, 0.2) is 6.10 Å². The molecule has 0 saturated carbocycles. The Hall–Kier alpha value is -2.68. The molecule has 0 aliphatic heterocycles. The number of aliphatic carboxylic acids is 1. The fourth-order valence-electron chi connectivity index (χ4n) is 1.58. The molecule has 1 aromatic carbocycles. The van der Waals surface area contributed by atoms with E-state index < -0.39 is 29.6 Å². The summed E-state index contributed by atoms with van der Waals surface area (Å²) in [6.07, 6.45) is -1.70. The lowest BCUT2D eigenvalue weighted by molar-refractivity contribution is -0.385. The number of carboxylic acid groups (broad SMARTS) is 1. The topological polar surface area (TPSA) is 142 Å². The van der Waals surface area contributed by atoms with Crippen LogP contribution in [-0.2, 0) is 4.79 Å². The lowest BCUT2D eigenvalue weighted by Gasteiger charge is -2.12. The second-order valence-corrected chi connectivity index (χ2v) is 4.40. The molecular weight excluding hydrogens is 282 g/mol. The highest BCUT2D eigenvalue weighted by Crippen LogP contribution is 2.25. The van der Waals surface area contributed by atoms with E-state index in [1.165, 1.54) is 19.1 Å². The molecular formula is C12H15N3O6. The van der Waals surface area contributed by atoms with Crippen LogP contribution in [0.15, 0.2) is 12.1 Å². The van der Waals surface area contributed by atoms with Crippen LogP contribution >= 0.6 is 0 Å². The smallest absolute Gasteiger partial charge is 0.334 e. The van der Waals surface area contributed by atoms with Gasteiger partial charge < -0.3 is 20.8 Å². The first-order valence-electron chi connectivity index (χ1n) is 5.93. The molecule has 0 aromatic heterocycles. The van der Waals surface area contributed by atoms with Crippen molar-refractivity contribution in [3.63, 3.8) is 0 Å². The van der Waals surface area contributed by atoms with Crippen LogP contribution in [0.25, 0.3) is 0 Å². The molecule has 0 spiro atoms. The molecule has 0 fully saturated rings. The number of amides is 2. The van der Waals surface area contributed by atoms with Gasteiger partial charge in [-0.05, 0) is 25.5 Å². The maximum Gasteiger partial charge on any atom is 0.334 e. The van der Waals surface area contributed by atoms with Crippen molar-refractivity contribution in [3.8, 4) is 0 Å². The third-order valence-corrected chi connectivity index (χ3v) is 2.73. The molecule has 0 aliphatic carbocycles. The summed E-state index contributed by atoms with van der Waals surface area (Å²) in [6.45, 7) is 2.68. The second kappa shape index (κ2) is 6.66. The molecule has 0 saturated heterocycles. The van der Waals surface area contributed by atoms with Crippen LogP contribution < -0.4 is 10.6 Å². The standard InChI is InChI=1S/C12H15N3O6/c1-6-4-9(15(20)21)7(2)3-8(6)14-12(19)13-5-10(16)11(17)18/h3-4,10,16H,5H2,1-2H3,(H,17,18)(H2,13,14,19). The number of nitro groups is 1. The van der Waals surface area contributed by atoms with Crippen LogP contribution in [0.4, 0.5) is 16.2 Å². The van der Waals surface area contributed by atoms with Crippen LogP contribution in [0.2, 0.25) is 0 Å². The first-order valence-corrected chi connectivity index (χ1v) is 5.93. The Labute approximate surface area is 119 Å². The van der Waals surface area contributed by atoms with Crippen molar-refractivity contribution < 1.29 is 24.7 Å². The number of carbonyl (C=O) groups is 2. The van der Waals surface area contributed by atoms with Crippen molar-refractivity contribution in [3.05, 3.63) is 33.4 Å². The number of nitro benzene ring substituents is 1. The Morgan fingerprint density at radius 2 is 1.95 bits per heavy atom. The van der Waals surface area contributed by atoms with E-state index in [1.807, 2.05) is 0 Å². The summed E-state index contributed by atoms with van der Waals surface area (Å²) in [5.41, 5.74) is 1.17. The van der Waals surface area contributed by atoms with Crippen LogP contribution in [-0.4, -0.2) is 39.8 Å². The number of hydrogen-bond donors (Lipinski definition) is 4. The molecule has 1 aromatic rings. The van der Waals surface area contributed by atoms with Crippen molar-refractivity contribution in [1.29, 1.82) is 0 Å². The Balaban J connectivity index is 2.75. The molecule has 0 bridgehead atoms. The number of carbonyl (C=O) groups excluding carboxylic acids is 1. The predicted octanol–water partition coefficient (Wildman–Crippen LogP) is 0.779. The molecule has 0 aliphatic rings. The van der Waals surface area contributed by atoms with E-state index in [-0.39, 0.29) is 5.69 Å². The van der Waals surface area contributed by atoms with Crippen molar-refractivity contribution in [1.82, 2.24) is 5.32 Å². The van der Waals surface area contributed by atoms with E-state index >= 15 is 0 Å². The number of aliphatic hydroxyl groups excluding tert-OH is 1. The molecule has 21 heavy (non-hydrogen) atoms. The van der Waals surface area contributed by atoms with E-state index in [0.717, 1.165) is 0 Å². The molecule has 2 amide bonds. The largest absolute Gasteiger partial charge is 0.479 e. The van der Waals surface area contributed by atoms with Crippen molar-refractivity contribution in [2.24, 2.45) is 0 Å². The Morgan fingerprint density at radius 1 is 1.33 bits per heavy atom. The summed E-state index contributed by atoms with van der Waals surface area (Å²) in [4.78, 5) is 32.2. The average Bonchev–Trinajstić information content (AvgIpc) is 2.39. The molecule has 1 rings (SSSR count). The van der Waals surface area contributed by atoms with Crippen molar-refractivity contribution in [2.75, 3.05) is 11.9 Å². The van der Waals surface area contributed by atoms with Gasteiger partial charge in [-0.25, -0.2) is 9.59 Å². The second-order valence-electron chi connectivity index (χ2n) is 4.40. The maximum absolute atomic E-state index is 11.6. The van der Waals surface area contributed by atoms with Crippen LogP contribution in [0, 0.1) is 24.0 Å². The van der Waals surface area contributed by atoms with Gasteiger partial charge in [-0.2, -0.15) is 0 Å². The summed E-state index contributed by atoms with van der Waals surface area (Å²) in [5, 5.41) is 32.9. The van der Waals surface area contributed by atoms with E-state index in [2.05, 4.69) is 10.6 Å². The number of rotatable bonds is 5. The number of hydrogen-bond acceptors (Lipinski definition) is 5. The number of carboxylic acids is 1. The highest BCUT2D eigenvalue weighted by atomic mass is 16.6. The number of aliphatic hydroxyl groups is 1. The molecule has 9 heteroatoms. The van der Waals surface area contributed by atoms with Gasteiger partial charge in [-0.3, -0.25) is 10.1 Å². The van der Waals surface area contributed by atoms with Crippen molar-refractivity contribution >= 4 is 23.4 Å². The molecule has 0 heterocycles. The summed E-state index contributed by atoms with van der Waals surface area (Å²) >= 11 is 0. The van der Waals surface area contributed by atoms with E-state index in [9.17, 15) is 19.7 Å². The first-order chi connectivity index (χ1) is 9.72. The van der Waals surface area contributed by atoms with Crippen LogP contribution in [0.1, 0.15) is 11.1 Å². The van der Waals surface area contributed by atoms with Gasteiger partial charge in [0.05, 0.1) is 11.5 Å². The minimum Gasteiger partial charge on any atom is -0.479 e. The zero-order valence-corrected chi connectivity index (χ0v) is 11.4. The fourth-order valence-corrected chi connectivity index (χ4v) is 1.58. The number of benzene rings is 1. The number of anilines is 1. The van der Waals surface area contributed by atoms with Gasteiger partial charge >= 0.3 is 12.0 Å². The minimum absolute atomic E-state index is 0.0558. The van der Waals surface area contributed by atoms with E-state index in [0.29, 0.717) is 16.8 Å².